The van der Waals surface area contributed by atoms with E-state index >= 15 is 0 Å². The van der Waals surface area contributed by atoms with Crippen LogP contribution in [0.25, 0.3) is 0 Å². The number of esters is 1. The molecule has 1 N–H and O–H groups in total. The number of nitrogens with one attached hydrogen (secondary N) is 1. The Balaban J connectivity index is 1.45. The molecular weight excluding hydrogens is 430 g/mol. The first-order chi connectivity index (χ1) is 15.6. The van der Waals surface area contributed by atoms with Gasteiger partial charge < -0.3 is 19.2 Å². The Morgan fingerprint density at radius 1 is 1.09 bits per heavy atom. The Morgan fingerprint density at radius 3 is 2.66 bits per heavy atom. The molecule has 2 aromatic carbocycles. The summed E-state index contributed by atoms with van der Waals surface area (Å²) >= 11 is 1.12. The van der Waals surface area contributed by atoms with Crippen molar-refractivity contribution in [2.45, 2.75) is 38.5 Å². The zero-order valence-corrected chi connectivity index (χ0v) is 18.8. The van der Waals surface area contributed by atoms with Crippen LogP contribution in [0.3, 0.4) is 0 Å². The third-order valence-corrected chi connectivity index (χ3v) is 5.11. The van der Waals surface area contributed by atoms with Gasteiger partial charge in [0.15, 0.2) is 6.61 Å². The maximum atomic E-state index is 12.2. The lowest BCUT2D eigenvalue weighted by Crippen LogP contribution is -2.14. The van der Waals surface area contributed by atoms with Gasteiger partial charge in [0, 0.05) is 5.69 Å². The van der Waals surface area contributed by atoms with Crippen molar-refractivity contribution in [1.29, 1.82) is 0 Å². The highest BCUT2D eigenvalue weighted by Crippen LogP contribution is 2.19. The fourth-order valence-corrected chi connectivity index (χ4v) is 3.23. The summed E-state index contributed by atoms with van der Waals surface area (Å²) in [5.41, 5.74) is 2.13. The van der Waals surface area contributed by atoms with Gasteiger partial charge in [-0.05, 0) is 48.7 Å². The van der Waals surface area contributed by atoms with Crippen LogP contribution in [0.1, 0.15) is 42.1 Å². The second-order valence-corrected chi connectivity index (χ2v) is 7.73. The maximum absolute atomic E-state index is 12.2. The molecule has 0 unspecified atom stereocenters. The van der Waals surface area contributed by atoms with Crippen molar-refractivity contribution in [2.24, 2.45) is 0 Å². The summed E-state index contributed by atoms with van der Waals surface area (Å²) in [5, 5.41) is 10.9. The zero-order chi connectivity index (χ0) is 22.8. The van der Waals surface area contributed by atoms with Crippen molar-refractivity contribution >= 4 is 29.3 Å². The van der Waals surface area contributed by atoms with Gasteiger partial charge >= 0.3 is 5.97 Å². The lowest BCUT2D eigenvalue weighted by atomic mass is 10.2. The molecule has 8 nitrogen and oxygen atoms in total. The van der Waals surface area contributed by atoms with Crippen LogP contribution in [-0.2, 0) is 22.6 Å². The zero-order valence-electron chi connectivity index (χ0n) is 18.0. The van der Waals surface area contributed by atoms with E-state index in [9.17, 15) is 9.59 Å². The van der Waals surface area contributed by atoms with Crippen LogP contribution in [0.4, 0.5) is 5.69 Å². The quantitative estimate of drug-likeness (QED) is 0.333. The molecule has 0 spiro atoms. The van der Waals surface area contributed by atoms with Gasteiger partial charge in [-0.3, -0.25) is 4.79 Å². The first-order valence-electron chi connectivity index (χ1n) is 10.3. The first kappa shape index (κ1) is 23.3. The number of thioether (sulfide) groups is 1. The molecule has 0 saturated carbocycles. The molecule has 0 atom stereocenters. The summed E-state index contributed by atoms with van der Waals surface area (Å²) in [6, 6.07) is 14.4. The van der Waals surface area contributed by atoms with E-state index in [0.717, 1.165) is 30.4 Å². The Bertz CT molecular complexity index is 1040. The normalized spacial score (nSPS) is 10.6. The summed E-state index contributed by atoms with van der Waals surface area (Å²) in [6.45, 7) is 4.52. The molecule has 0 fully saturated rings. The minimum Gasteiger partial charge on any atom is -0.484 e. The van der Waals surface area contributed by atoms with E-state index in [1.807, 2.05) is 31.2 Å². The number of nitrogens with zero attached hydrogens (tertiary/aromatic N) is 2. The van der Waals surface area contributed by atoms with E-state index in [1.54, 1.807) is 24.3 Å². The highest BCUT2D eigenvalue weighted by Gasteiger charge is 2.12. The van der Waals surface area contributed by atoms with Crippen molar-refractivity contribution < 1.29 is 23.5 Å². The van der Waals surface area contributed by atoms with Gasteiger partial charge in [-0.2, -0.15) is 0 Å². The lowest BCUT2D eigenvalue weighted by molar-refractivity contribution is -0.113. The van der Waals surface area contributed by atoms with Crippen LogP contribution in [0.2, 0.25) is 0 Å². The number of carbonyl (C=O) groups is 2. The van der Waals surface area contributed by atoms with Gasteiger partial charge in [0.2, 0.25) is 5.91 Å². The average Bonchev–Trinajstić information content (AvgIpc) is 3.28. The number of benzene rings is 2. The van der Waals surface area contributed by atoms with E-state index in [2.05, 4.69) is 22.4 Å². The largest absolute Gasteiger partial charge is 0.484 e. The Morgan fingerprint density at radius 2 is 1.91 bits per heavy atom. The number of hydrogen-bond acceptors (Lipinski definition) is 8. The SMILES string of the molecule is CCCOC(=O)c1cccc(NC(=O)CSc2nnc(COc3ccc(CC)cc3)o2)c1. The molecule has 168 valence electrons. The van der Waals surface area contributed by atoms with Crippen molar-refractivity contribution in [3.05, 3.63) is 65.5 Å². The Hall–Kier alpha value is -3.33. The number of rotatable bonds is 11. The molecule has 1 amide bonds. The average molecular weight is 456 g/mol. The standard InChI is InChI=1S/C23H25N3O5S/c1-3-12-29-22(28)17-6-5-7-18(13-17)24-20(27)15-32-23-26-25-21(31-23)14-30-19-10-8-16(4-2)9-11-19/h5-11,13H,3-4,12,14-15H2,1-2H3,(H,24,27). The fraction of sp³-hybridized carbons (Fsp3) is 0.304. The highest BCUT2D eigenvalue weighted by atomic mass is 32.2. The molecule has 1 aromatic heterocycles. The van der Waals surface area contributed by atoms with Gasteiger partial charge in [0.25, 0.3) is 11.1 Å². The molecule has 3 rings (SSSR count). The third-order valence-electron chi connectivity index (χ3n) is 4.29. The van der Waals surface area contributed by atoms with Gasteiger partial charge in [0.05, 0.1) is 17.9 Å². The van der Waals surface area contributed by atoms with E-state index in [4.69, 9.17) is 13.9 Å². The molecule has 0 radical (unpaired) electrons. The third kappa shape index (κ3) is 7.12. The molecule has 9 heteroatoms. The number of aryl methyl sites for hydroxylation is 1. The molecule has 0 bridgehead atoms. The molecule has 3 aromatic rings. The smallest absolute Gasteiger partial charge is 0.338 e. The van der Waals surface area contributed by atoms with Crippen LogP contribution in [0.15, 0.2) is 58.2 Å². The second-order valence-electron chi connectivity index (χ2n) is 6.80. The maximum Gasteiger partial charge on any atom is 0.338 e. The second kappa shape index (κ2) is 11.9. The van der Waals surface area contributed by atoms with E-state index in [-0.39, 0.29) is 23.5 Å². The van der Waals surface area contributed by atoms with Gasteiger partial charge in [0.1, 0.15) is 5.75 Å². The van der Waals surface area contributed by atoms with Crippen molar-refractivity contribution in [1.82, 2.24) is 10.2 Å². The van der Waals surface area contributed by atoms with Crippen LogP contribution in [-0.4, -0.2) is 34.4 Å². The Kier molecular flexibility index (Phi) is 8.68. The van der Waals surface area contributed by atoms with E-state index in [1.165, 1.54) is 5.56 Å². The predicted molar refractivity (Wildman–Crippen MR) is 121 cm³/mol. The molecule has 0 aliphatic carbocycles. The molecule has 0 aliphatic rings. The summed E-state index contributed by atoms with van der Waals surface area (Å²) in [4.78, 5) is 24.2. The number of ether oxygens (including phenoxy) is 2. The van der Waals surface area contributed by atoms with Crippen molar-refractivity contribution in [3.8, 4) is 5.75 Å². The molecule has 0 aliphatic heterocycles. The van der Waals surface area contributed by atoms with E-state index in [0.29, 0.717) is 23.7 Å². The lowest BCUT2D eigenvalue weighted by Gasteiger charge is -2.07. The topological polar surface area (TPSA) is 104 Å². The highest BCUT2D eigenvalue weighted by molar-refractivity contribution is 7.99. The van der Waals surface area contributed by atoms with Crippen molar-refractivity contribution in [2.75, 3.05) is 17.7 Å². The monoisotopic (exact) mass is 455 g/mol. The van der Waals surface area contributed by atoms with E-state index < -0.39 is 5.97 Å². The summed E-state index contributed by atoms with van der Waals surface area (Å²) < 4.78 is 16.3. The minimum atomic E-state index is -0.417. The summed E-state index contributed by atoms with van der Waals surface area (Å²) in [5.74, 6) is 0.437. The first-order valence-corrected chi connectivity index (χ1v) is 11.3. The number of aromatic nitrogens is 2. The number of anilines is 1. The minimum absolute atomic E-state index is 0.0749. The van der Waals surface area contributed by atoms with Gasteiger partial charge in [-0.1, -0.05) is 43.8 Å². The van der Waals surface area contributed by atoms with Gasteiger partial charge in [-0.25, -0.2) is 4.79 Å². The van der Waals surface area contributed by atoms with Crippen LogP contribution in [0.5, 0.6) is 5.75 Å². The van der Waals surface area contributed by atoms with Crippen LogP contribution in [0, 0.1) is 0 Å². The summed E-state index contributed by atoms with van der Waals surface area (Å²) in [6.07, 6.45) is 1.71. The van der Waals surface area contributed by atoms with Crippen LogP contribution < -0.4 is 10.1 Å². The fourth-order valence-electron chi connectivity index (χ4n) is 2.65. The molecule has 0 saturated heterocycles. The number of carbonyl (C=O) groups excluding carboxylic acids is 2. The van der Waals surface area contributed by atoms with Crippen LogP contribution >= 0.6 is 11.8 Å². The molecule has 32 heavy (non-hydrogen) atoms. The number of hydrogen-bond donors (Lipinski definition) is 1. The number of amides is 1. The molecular formula is C23H25N3O5S. The Labute approximate surface area is 190 Å². The summed E-state index contributed by atoms with van der Waals surface area (Å²) in [7, 11) is 0. The molecule has 1 heterocycles. The van der Waals surface area contributed by atoms with Gasteiger partial charge in [-0.15, -0.1) is 10.2 Å². The predicted octanol–water partition coefficient (Wildman–Crippen LogP) is 4.51. The van der Waals surface area contributed by atoms with Crippen molar-refractivity contribution in [3.63, 3.8) is 0 Å².